The minimum Gasteiger partial charge on any atom is -0.507 e. The van der Waals surface area contributed by atoms with Crippen molar-refractivity contribution in [3.05, 3.63) is 139 Å². The number of aromatic hydroxyl groups is 1. The maximum atomic E-state index is 12.0. The molecule has 0 unspecified atom stereocenters. The summed E-state index contributed by atoms with van der Waals surface area (Å²) in [5.74, 6) is 0.992. The van der Waals surface area contributed by atoms with Crippen LogP contribution in [-0.2, 0) is 10.8 Å². The maximum Gasteiger partial charge on any atom is 0.149 e. The van der Waals surface area contributed by atoms with Crippen molar-refractivity contribution in [2.24, 2.45) is 0 Å². The van der Waals surface area contributed by atoms with Crippen molar-refractivity contribution >= 4 is 24.3 Å². The third-order valence-electron chi connectivity index (χ3n) is 10.0. The average molecular weight is 700 g/mol. The number of nitrogens with zero attached hydrogens (tertiary/aromatic N) is 3. The molecule has 0 aliphatic carbocycles. The summed E-state index contributed by atoms with van der Waals surface area (Å²) >= 11 is 0. The van der Waals surface area contributed by atoms with E-state index in [1.165, 1.54) is 10.8 Å². The van der Waals surface area contributed by atoms with E-state index in [9.17, 15) is 5.11 Å². The Hall–Kier alpha value is -5.26. The lowest BCUT2D eigenvalue weighted by atomic mass is 9.79. The van der Waals surface area contributed by atoms with Gasteiger partial charge >= 0.3 is 0 Å². The lowest BCUT2D eigenvalue weighted by Crippen LogP contribution is -2.37. The fourth-order valence-corrected chi connectivity index (χ4v) is 8.10. The summed E-state index contributed by atoms with van der Waals surface area (Å²) < 4.78 is 2.19. The Kier molecular flexibility index (Phi) is 8.83. The standard InChI is InChI=1S/C47H49N3OSi/c1-46(2,3)35-29-39(44(51)40(30-35)47(4,5)6)45-49-43-38(19-14-20-42(43)50(45)36-17-11-10-12-18-36)33-15-13-16-34(27-33)41-28-32(25-26-48-41)31-21-23-37(24-22-31)52(7,8)9/h10-30,51H,1-9H3. The molecule has 262 valence electrons. The van der Waals surface area contributed by atoms with E-state index in [4.69, 9.17) is 9.97 Å². The molecule has 0 bridgehead atoms. The molecule has 2 aromatic heterocycles. The Labute approximate surface area is 309 Å². The number of para-hydroxylation sites is 2. The van der Waals surface area contributed by atoms with Gasteiger partial charge in [-0.2, -0.15) is 0 Å². The summed E-state index contributed by atoms with van der Waals surface area (Å²) in [6, 6.07) is 42.9. The molecule has 0 fully saturated rings. The number of imidazole rings is 1. The smallest absolute Gasteiger partial charge is 0.149 e. The van der Waals surface area contributed by atoms with Crippen LogP contribution in [0.25, 0.3) is 61.6 Å². The number of fused-ring (bicyclic) bond motifs is 1. The molecule has 0 aliphatic rings. The van der Waals surface area contributed by atoms with Gasteiger partial charge in [0.1, 0.15) is 11.6 Å². The molecular weight excluding hydrogens is 651 g/mol. The Morgan fingerprint density at radius 2 is 1.29 bits per heavy atom. The first-order valence-corrected chi connectivity index (χ1v) is 21.7. The zero-order valence-electron chi connectivity index (χ0n) is 31.9. The Morgan fingerprint density at radius 3 is 1.96 bits per heavy atom. The third kappa shape index (κ3) is 6.73. The van der Waals surface area contributed by atoms with Crippen molar-refractivity contribution in [2.75, 3.05) is 0 Å². The molecule has 0 radical (unpaired) electrons. The highest BCUT2D eigenvalue weighted by Gasteiger charge is 2.28. The van der Waals surface area contributed by atoms with E-state index >= 15 is 0 Å². The number of rotatable bonds is 6. The molecule has 0 aliphatic heterocycles. The van der Waals surface area contributed by atoms with Gasteiger partial charge in [0.25, 0.3) is 0 Å². The highest BCUT2D eigenvalue weighted by Crippen LogP contribution is 2.44. The van der Waals surface area contributed by atoms with Gasteiger partial charge in [0, 0.05) is 28.6 Å². The molecule has 0 atom stereocenters. The molecule has 4 nitrogen and oxygen atoms in total. The largest absolute Gasteiger partial charge is 0.507 e. The molecule has 7 aromatic rings. The highest BCUT2D eigenvalue weighted by molar-refractivity contribution is 6.88. The van der Waals surface area contributed by atoms with Gasteiger partial charge in [-0.3, -0.25) is 9.55 Å². The van der Waals surface area contributed by atoms with Crippen LogP contribution in [0.3, 0.4) is 0 Å². The number of aromatic nitrogens is 3. The van der Waals surface area contributed by atoms with E-state index in [0.717, 1.165) is 61.4 Å². The summed E-state index contributed by atoms with van der Waals surface area (Å²) in [5.41, 5.74) is 11.7. The molecule has 0 saturated carbocycles. The van der Waals surface area contributed by atoms with Crippen molar-refractivity contribution in [3.63, 3.8) is 0 Å². The average Bonchev–Trinajstić information content (AvgIpc) is 3.50. The maximum absolute atomic E-state index is 12.0. The summed E-state index contributed by atoms with van der Waals surface area (Å²) in [6.45, 7) is 20.2. The van der Waals surface area contributed by atoms with E-state index in [-0.39, 0.29) is 16.6 Å². The highest BCUT2D eigenvalue weighted by atomic mass is 28.3. The van der Waals surface area contributed by atoms with Gasteiger partial charge in [0.05, 0.1) is 30.4 Å². The summed E-state index contributed by atoms with van der Waals surface area (Å²) in [4.78, 5) is 10.2. The molecule has 0 amide bonds. The fraction of sp³-hybridized carbons (Fsp3) is 0.234. The molecule has 7 rings (SSSR count). The number of pyridine rings is 1. The second-order valence-electron chi connectivity index (χ2n) is 17.0. The van der Waals surface area contributed by atoms with E-state index < -0.39 is 8.07 Å². The lowest BCUT2D eigenvalue weighted by Gasteiger charge is -2.27. The van der Waals surface area contributed by atoms with Gasteiger partial charge in [0.2, 0.25) is 0 Å². The Bertz CT molecular complexity index is 2400. The van der Waals surface area contributed by atoms with Gasteiger partial charge in [-0.15, -0.1) is 0 Å². The number of hydrogen-bond donors (Lipinski definition) is 1. The van der Waals surface area contributed by atoms with Crippen LogP contribution in [0.5, 0.6) is 5.75 Å². The second kappa shape index (κ2) is 13.1. The van der Waals surface area contributed by atoms with Crippen molar-refractivity contribution in [3.8, 4) is 56.3 Å². The SMILES string of the molecule is CC(C)(C)c1cc(-c2nc3c(-c4cccc(-c5cc(-c6ccc([Si](C)(C)C)cc6)ccn5)c4)cccc3n2-c2ccccc2)c(O)c(C(C)(C)C)c1. The first-order chi connectivity index (χ1) is 24.6. The van der Waals surface area contributed by atoms with Crippen molar-refractivity contribution < 1.29 is 5.11 Å². The van der Waals surface area contributed by atoms with Gasteiger partial charge < -0.3 is 5.11 Å². The quantitative estimate of drug-likeness (QED) is 0.176. The monoisotopic (exact) mass is 699 g/mol. The fourth-order valence-electron chi connectivity index (χ4n) is 6.94. The molecule has 0 spiro atoms. The third-order valence-corrected chi connectivity index (χ3v) is 12.1. The molecule has 2 heterocycles. The molecule has 1 N–H and O–H groups in total. The lowest BCUT2D eigenvalue weighted by molar-refractivity contribution is 0.446. The number of hydrogen-bond acceptors (Lipinski definition) is 3. The van der Waals surface area contributed by atoms with Crippen LogP contribution in [0.4, 0.5) is 0 Å². The predicted octanol–water partition coefficient (Wildman–Crippen LogP) is 11.9. The first kappa shape index (κ1) is 35.2. The van der Waals surface area contributed by atoms with Crippen LogP contribution >= 0.6 is 0 Å². The molecule has 5 aromatic carbocycles. The second-order valence-corrected chi connectivity index (χ2v) is 22.1. The van der Waals surface area contributed by atoms with E-state index in [2.05, 4.69) is 169 Å². The van der Waals surface area contributed by atoms with Crippen molar-refractivity contribution in [1.82, 2.24) is 14.5 Å². The van der Waals surface area contributed by atoms with Gasteiger partial charge in [0.15, 0.2) is 0 Å². The van der Waals surface area contributed by atoms with E-state index in [0.29, 0.717) is 5.82 Å². The predicted molar refractivity (Wildman–Crippen MR) is 223 cm³/mol. The zero-order chi connectivity index (χ0) is 37.0. The van der Waals surface area contributed by atoms with Crippen LogP contribution < -0.4 is 5.19 Å². The first-order valence-electron chi connectivity index (χ1n) is 18.2. The number of phenols is 1. The molecule has 0 saturated heterocycles. The van der Waals surface area contributed by atoms with Crippen LogP contribution in [0.15, 0.2) is 128 Å². The minimum absolute atomic E-state index is 0.125. The zero-order valence-corrected chi connectivity index (χ0v) is 32.9. The van der Waals surface area contributed by atoms with Gasteiger partial charge in [-0.05, 0) is 75.5 Å². The number of phenolic OH excluding ortho intramolecular Hbond substituents is 1. The minimum atomic E-state index is -1.37. The van der Waals surface area contributed by atoms with Crippen LogP contribution in [0.1, 0.15) is 52.7 Å². The normalized spacial score (nSPS) is 12.4. The topological polar surface area (TPSA) is 50.9 Å². The molecule has 5 heteroatoms. The summed E-state index contributed by atoms with van der Waals surface area (Å²) in [6.07, 6.45) is 1.91. The summed E-state index contributed by atoms with van der Waals surface area (Å²) in [5, 5.41) is 13.5. The Morgan fingerprint density at radius 1 is 0.596 bits per heavy atom. The molecular formula is C47H49N3OSi. The Balaban J connectivity index is 1.39. The van der Waals surface area contributed by atoms with Crippen LogP contribution in [0.2, 0.25) is 19.6 Å². The van der Waals surface area contributed by atoms with Crippen molar-refractivity contribution in [1.29, 1.82) is 0 Å². The van der Waals surface area contributed by atoms with E-state index in [1.807, 2.05) is 24.4 Å². The summed E-state index contributed by atoms with van der Waals surface area (Å²) in [7, 11) is -1.37. The van der Waals surface area contributed by atoms with Crippen LogP contribution in [-0.4, -0.2) is 27.7 Å². The van der Waals surface area contributed by atoms with Gasteiger partial charge in [-0.1, -0.05) is 145 Å². The van der Waals surface area contributed by atoms with Crippen molar-refractivity contribution in [2.45, 2.75) is 72.0 Å². The van der Waals surface area contributed by atoms with Gasteiger partial charge in [-0.25, -0.2) is 4.98 Å². The molecule has 52 heavy (non-hydrogen) atoms. The van der Waals surface area contributed by atoms with Crippen LogP contribution in [0, 0.1) is 0 Å². The van der Waals surface area contributed by atoms with E-state index in [1.54, 1.807) is 0 Å². The number of benzene rings is 5.